The third-order valence-electron chi connectivity index (χ3n) is 4.44. The summed E-state index contributed by atoms with van der Waals surface area (Å²) in [6.07, 6.45) is 4.74. The molecule has 1 aliphatic rings. The van der Waals surface area contributed by atoms with E-state index in [-0.39, 0.29) is 5.91 Å². The number of nitrogens with zero attached hydrogens (tertiary/aromatic N) is 4. The van der Waals surface area contributed by atoms with Crippen LogP contribution in [0.1, 0.15) is 19.4 Å². The highest BCUT2D eigenvalue weighted by atomic mass is 16.2. The summed E-state index contributed by atoms with van der Waals surface area (Å²) in [5.41, 5.74) is 1.33. The fourth-order valence-electron chi connectivity index (χ4n) is 2.80. The molecule has 0 atom stereocenters. The van der Waals surface area contributed by atoms with Gasteiger partial charge in [0, 0.05) is 45.1 Å². The molecule has 22 heavy (non-hydrogen) atoms. The van der Waals surface area contributed by atoms with Crippen molar-refractivity contribution < 1.29 is 4.79 Å². The van der Waals surface area contributed by atoms with Crippen LogP contribution >= 0.6 is 0 Å². The third-order valence-corrected chi connectivity index (χ3v) is 4.44. The van der Waals surface area contributed by atoms with Crippen LogP contribution in [0.15, 0.2) is 24.5 Å². The lowest BCUT2D eigenvalue weighted by Gasteiger charge is -2.35. The highest BCUT2D eigenvalue weighted by molar-refractivity contribution is 5.78. The van der Waals surface area contributed by atoms with E-state index in [1.165, 1.54) is 5.56 Å². The van der Waals surface area contributed by atoms with Crippen molar-refractivity contribution in [2.24, 2.45) is 0 Å². The average molecular weight is 304 g/mol. The van der Waals surface area contributed by atoms with E-state index in [4.69, 9.17) is 0 Å². The SMILES string of the molecule is CCN(CC)CC(=O)N1CCN(CCc2ccncc2)CC1. The van der Waals surface area contributed by atoms with Crippen LogP contribution in [0.2, 0.25) is 0 Å². The molecule has 1 aliphatic heterocycles. The van der Waals surface area contributed by atoms with Crippen molar-refractivity contribution in [2.45, 2.75) is 20.3 Å². The number of likely N-dealkylation sites (N-methyl/N-ethyl adjacent to an activating group) is 1. The van der Waals surface area contributed by atoms with Gasteiger partial charge in [0.25, 0.3) is 0 Å². The number of hydrogen-bond donors (Lipinski definition) is 0. The van der Waals surface area contributed by atoms with E-state index in [1.54, 1.807) is 0 Å². The van der Waals surface area contributed by atoms with Gasteiger partial charge in [0.15, 0.2) is 0 Å². The summed E-state index contributed by atoms with van der Waals surface area (Å²) in [5, 5.41) is 0. The smallest absolute Gasteiger partial charge is 0.236 e. The van der Waals surface area contributed by atoms with Gasteiger partial charge in [0.05, 0.1) is 6.54 Å². The Labute approximate surface area is 133 Å². The Balaban J connectivity index is 1.70. The average Bonchev–Trinajstić information content (AvgIpc) is 2.59. The molecule has 0 unspecified atom stereocenters. The van der Waals surface area contributed by atoms with Crippen molar-refractivity contribution in [1.29, 1.82) is 0 Å². The van der Waals surface area contributed by atoms with E-state index in [1.807, 2.05) is 17.3 Å². The molecular weight excluding hydrogens is 276 g/mol. The number of carbonyl (C=O) groups excluding carboxylic acids is 1. The maximum Gasteiger partial charge on any atom is 0.236 e. The Hall–Kier alpha value is -1.46. The molecule has 1 amide bonds. The predicted molar refractivity (Wildman–Crippen MR) is 88.7 cm³/mol. The maximum atomic E-state index is 12.3. The molecule has 1 aromatic heterocycles. The van der Waals surface area contributed by atoms with Gasteiger partial charge in [-0.15, -0.1) is 0 Å². The van der Waals surface area contributed by atoms with Crippen molar-refractivity contribution in [3.8, 4) is 0 Å². The minimum Gasteiger partial charge on any atom is -0.339 e. The third kappa shape index (κ3) is 5.07. The largest absolute Gasteiger partial charge is 0.339 e. The summed E-state index contributed by atoms with van der Waals surface area (Å²) >= 11 is 0. The summed E-state index contributed by atoms with van der Waals surface area (Å²) in [4.78, 5) is 23.0. The first kappa shape index (κ1) is 16.9. The zero-order chi connectivity index (χ0) is 15.8. The highest BCUT2D eigenvalue weighted by Gasteiger charge is 2.21. The number of aromatic nitrogens is 1. The fraction of sp³-hybridized carbons (Fsp3) is 0.647. The molecule has 1 fully saturated rings. The zero-order valence-electron chi connectivity index (χ0n) is 13.9. The summed E-state index contributed by atoms with van der Waals surface area (Å²) in [5.74, 6) is 0.275. The van der Waals surface area contributed by atoms with Gasteiger partial charge in [-0.25, -0.2) is 0 Å². The van der Waals surface area contributed by atoms with E-state index in [2.05, 4.69) is 40.8 Å². The summed E-state index contributed by atoms with van der Waals surface area (Å²) in [6.45, 7) is 11.4. The first-order valence-electron chi connectivity index (χ1n) is 8.34. The van der Waals surface area contributed by atoms with Crippen LogP contribution in [0.5, 0.6) is 0 Å². The van der Waals surface area contributed by atoms with Gasteiger partial charge in [-0.2, -0.15) is 0 Å². The quantitative estimate of drug-likeness (QED) is 0.756. The van der Waals surface area contributed by atoms with E-state index < -0.39 is 0 Å². The van der Waals surface area contributed by atoms with Crippen LogP contribution in [0.3, 0.4) is 0 Å². The lowest BCUT2D eigenvalue weighted by atomic mass is 10.2. The van der Waals surface area contributed by atoms with Crippen LogP contribution in [0.25, 0.3) is 0 Å². The molecule has 0 N–H and O–H groups in total. The van der Waals surface area contributed by atoms with Crippen LogP contribution in [0, 0.1) is 0 Å². The number of pyridine rings is 1. The second kappa shape index (κ2) is 8.86. The van der Waals surface area contributed by atoms with Gasteiger partial charge in [0.2, 0.25) is 5.91 Å². The van der Waals surface area contributed by atoms with Crippen molar-refractivity contribution in [1.82, 2.24) is 19.7 Å². The molecular formula is C17H28N4O. The number of carbonyl (C=O) groups is 1. The number of amides is 1. The lowest BCUT2D eigenvalue weighted by molar-refractivity contribution is -0.134. The van der Waals surface area contributed by atoms with Gasteiger partial charge in [-0.3, -0.25) is 19.6 Å². The van der Waals surface area contributed by atoms with Crippen molar-refractivity contribution in [3.05, 3.63) is 30.1 Å². The van der Waals surface area contributed by atoms with E-state index in [0.717, 1.165) is 52.2 Å². The summed E-state index contributed by atoms with van der Waals surface area (Å²) in [7, 11) is 0. The molecule has 1 aromatic rings. The van der Waals surface area contributed by atoms with Gasteiger partial charge < -0.3 is 4.90 Å². The second-order valence-corrected chi connectivity index (χ2v) is 5.79. The minimum absolute atomic E-state index is 0.275. The Bertz CT molecular complexity index is 439. The second-order valence-electron chi connectivity index (χ2n) is 5.79. The van der Waals surface area contributed by atoms with Gasteiger partial charge in [0.1, 0.15) is 0 Å². The highest BCUT2D eigenvalue weighted by Crippen LogP contribution is 2.06. The first-order valence-corrected chi connectivity index (χ1v) is 8.34. The normalized spacial score (nSPS) is 16.2. The van der Waals surface area contributed by atoms with Crippen LogP contribution in [-0.4, -0.2) is 77.9 Å². The number of piperazine rings is 1. The summed E-state index contributed by atoms with van der Waals surface area (Å²) in [6, 6.07) is 4.15. The number of rotatable bonds is 7. The molecule has 0 aromatic carbocycles. The lowest BCUT2D eigenvalue weighted by Crippen LogP contribution is -2.51. The molecule has 122 valence electrons. The van der Waals surface area contributed by atoms with Crippen LogP contribution < -0.4 is 0 Å². The van der Waals surface area contributed by atoms with Gasteiger partial charge in [-0.05, 0) is 37.2 Å². The molecule has 5 heteroatoms. The van der Waals surface area contributed by atoms with Crippen molar-refractivity contribution in [3.63, 3.8) is 0 Å². The standard InChI is InChI=1S/C17H28N4O/c1-3-19(4-2)15-17(22)21-13-11-20(12-14-21)10-7-16-5-8-18-9-6-16/h5-6,8-9H,3-4,7,10-15H2,1-2H3. The topological polar surface area (TPSA) is 39.7 Å². The van der Waals surface area contributed by atoms with Gasteiger partial charge >= 0.3 is 0 Å². The molecule has 0 aliphatic carbocycles. The molecule has 0 bridgehead atoms. The molecule has 0 spiro atoms. The first-order chi connectivity index (χ1) is 10.7. The van der Waals surface area contributed by atoms with Crippen LogP contribution in [-0.2, 0) is 11.2 Å². The fourth-order valence-corrected chi connectivity index (χ4v) is 2.80. The van der Waals surface area contributed by atoms with Crippen LogP contribution in [0.4, 0.5) is 0 Å². The maximum absolute atomic E-state index is 12.3. The minimum atomic E-state index is 0.275. The molecule has 2 rings (SSSR count). The van der Waals surface area contributed by atoms with Crippen molar-refractivity contribution in [2.75, 3.05) is 52.4 Å². The molecule has 1 saturated heterocycles. The molecule has 0 saturated carbocycles. The van der Waals surface area contributed by atoms with Crippen molar-refractivity contribution >= 4 is 5.91 Å². The van der Waals surface area contributed by atoms with E-state index in [0.29, 0.717) is 6.54 Å². The van der Waals surface area contributed by atoms with Gasteiger partial charge in [-0.1, -0.05) is 13.8 Å². The predicted octanol–water partition coefficient (Wildman–Crippen LogP) is 1.11. The Kier molecular flexibility index (Phi) is 6.80. The monoisotopic (exact) mass is 304 g/mol. The number of hydrogen-bond acceptors (Lipinski definition) is 4. The molecule has 0 radical (unpaired) electrons. The Morgan fingerprint density at radius 1 is 1.14 bits per heavy atom. The summed E-state index contributed by atoms with van der Waals surface area (Å²) < 4.78 is 0. The Morgan fingerprint density at radius 3 is 2.36 bits per heavy atom. The van der Waals surface area contributed by atoms with E-state index in [9.17, 15) is 4.79 Å². The Morgan fingerprint density at radius 2 is 1.77 bits per heavy atom. The zero-order valence-corrected chi connectivity index (χ0v) is 13.9. The van der Waals surface area contributed by atoms with E-state index >= 15 is 0 Å². The molecule has 2 heterocycles. The molecule has 5 nitrogen and oxygen atoms in total.